The molecule has 0 saturated heterocycles. The van der Waals surface area contributed by atoms with E-state index in [1.54, 1.807) is 11.3 Å². The molecule has 0 spiro atoms. The first-order valence-corrected chi connectivity index (χ1v) is 8.32. The second-order valence-electron chi connectivity index (χ2n) is 6.12. The van der Waals surface area contributed by atoms with Crippen LogP contribution in [0.4, 0.5) is 4.79 Å². The molecule has 0 aromatic carbocycles. The largest absolute Gasteiger partial charge is 0.481 e. The number of halogens is 1. The van der Waals surface area contributed by atoms with Gasteiger partial charge < -0.3 is 15.7 Å². The maximum absolute atomic E-state index is 11.9. The van der Waals surface area contributed by atoms with E-state index in [1.165, 1.54) is 0 Å². The molecule has 118 valence electrons. The van der Waals surface area contributed by atoms with Gasteiger partial charge in [-0.25, -0.2) is 4.79 Å². The molecule has 1 heterocycles. The molecule has 0 saturated carbocycles. The van der Waals surface area contributed by atoms with Crippen LogP contribution in [0.15, 0.2) is 15.9 Å². The summed E-state index contributed by atoms with van der Waals surface area (Å²) in [5.74, 6) is -0.910. The van der Waals surface area contributed by atoms with Crippen molar-refractivity contribution in [1.82, 2.24) is 10.6 Å². The number of hydrogen-bond donors (Lipinski definition) is 3. The summed E-state index contributed by atoms with van der Waals surface area (Å²) in [5, 5.41) is 16.4. The van der Waals surface area contributed by atoms with Crippen molar-refractivity contribution in [2.75, 3.05) is 0 Å². The van der Waals surface area contributed by atoms with Crippen LogP contribution in [0.2, 0.25) is 0 Å². The normalized spacial score (nSPS) is 12.8. The smallest absolute Gasteiger partial charge is 0.315 e. The maximum atomic E-state index is 11.9. The topological polar surface area (TPSA) is 78.4 Å². The fourth-order valence-corrected chi connectivity index (χ4v) is 3.37. The highest BCUT2D eigenvalue weighted by Gasteiger charge is 2.22. The fraction of sp³-hybridized carbons (Fsp3) is 0.571. The molecule has 5 nitrogen and oxygen atoms in total. The molecule has 1 aromatic rings. The molecule has 21 heavy (non-hydrogen) atoms. The zero-order chi connectivity index (χ0) is 16.0. The van der Waals surface area contributed by atoms with Gasteiger partial charge in [-0.2, -0.15) is 0 Å². The Kier molecular flexibility index (Phi) is 6.67. The van der Waals surface area contributed by atoms with Crippen molar-refractivity contribution in [1.29, 1.82) is 0 Å². The molecule has 2 amide bonds. The van der Waals surface area contributed by atoms with Crippen LogP contribution in [0.25, 0.3) is 0 Å². The van der Waals surface area contributed by atoms with Gasteiger partial charge in [-0.15, -0.1) is 11.3 Å². The Morgan fingerprint density at radius 3 is 2.57 bits per heavy atom. The number of aliphatic carboxylic acids is 1. The third kappa shape index (κ3) is 8.06. The average Bonchev–Trinajstić information content (AvgIpc) is 2.69. The first-order valence-electron chi connectivity index (χ1n) is 6.65. The number of carbonyl (C=O) groups is 2. The van der Waals surface area contributed by atoms with Crippen molar-refractivity contribution < 1.29 is 14.7 Å². The number of amides is 2. The molecule has 0 radical (unpaired) electrons. The molecule has 0 aliphatic rings. The van der Waals surface area contributed by atoms with Crippen LogP contribution in [0.5, 0.6) is 0 Å². The molecule has 0 bridgehead atoms. The lowest BCUT2D eigenvalue weighted by molar-refractivity contribution is -0.137. The maximum Gasteiger partial charge on any atom is 0.315 e. The summed E-state index contributed by atoms with van der Waals surface area (Å²) < 4.78 is 0.987. The molecule has 7 heteroatoms. The van der Waals surface area contributed by atoms with Crippen LogP contribution in [0.3, 0.4) is 0 Å². The monoisotopic (exact) mass is 376 g/mol. The molecule has 1 rings (SSSR count). The van der Waals surface area contributed by atoms with Gasteiger partial charge in [0.05, 0.1) is 13.0 Å². The van der Waals surface area contributed by atoms with Gasteiger partial charge in [0.25, 0.3) is 0 Å². The van der Waals surface area contributed by atoms with Crippen molar-refractivity contribution >= 4 is 39.3 Å². The quantitative estimate of drug-likeness (QED) is 0.709. The molecule has 0 aliphatic carbocycles. The Morgan fingerprint density at radius 1 is 1.43 bits per heavy atom. The highest BCUT2D eigenvalue weighted by Crippen LogP contribution is 2.22. The Bertz CT molecular complexity index is 497. The van der Waals surface area contributed by atoms with Crippen molar-refractivity contribution in [2.45, 2.75) is 46.2 Å². The summed E-state index contributed by atoms with van der Waals surface area (Å²) in [4.78, 5) is 23.8. The number of urea groups is 1. The van der Waals surface area contributed by atoms with E-state index in [0.29, 0.717) is 13.0 Å². The minimum absolute atomic E-state index is 0.0496. The van der Waals surface area contributed by atoms with E-state index in [-0.39, 0.29) is 23.9 Å². The number of carbonyl (C=O) groups excluding carboxylic acids is 1. The van der Waals surface area contributed by atoms with Gasteiger partial charge in [0, 0.05) is 20.8 Å². The van der Waals surface area contributed by atoms with Crippen LogP contribution in [-0.2, 0) is 11.3 Å². The summed E-state index contributed by atoms with van der Waals surface area (Å²) >= 11 is 4.90. The third-order valence-corrected chi connectivity index (χ3v) is 4.36. The molecular formula is C14H21BrN2O3S. The van der Waals surface area contributed by atoms with Crippen molar-refractivity contribution in [3.05, 3.63) is 20.8 Å². The summed E-state index contributed by atoms with van der Waals surface area (Å²) in [7, 11) is 0. The number of rotatable bonds is 6. The summed E-state index contributed by atoms with van der Waals surface area (Å²) in [6, 6.07) is 1.22. The highest BCUT2D eigenvalue weighted by atomic mass is 79.9. The lowest BCUT2D eigenvalue weighted by Crippen LogP contribution is -2.44. The molecule has 0 fully saturated rings. The Labute approximate surface area is 137 Å². The summed E-state index contributed by atoms with van der Waals surface area (Å²) in [6.07, 6.45) is 0.534. The third-order valence-electron chi connectivity index (χ3n) is 2.66. The SMILES string of the molecule is CC(C)(C)CC(CC(=O)O)NC(=O)NCc1cc(Br)cs1. The van der Waals surface area contributed by atoms with E-state index in [1.807, 2.05) is 32.2 Å². The second kappa shape index (κ2) is 7.79. The van der Waals surface area contributed by atoms with Crippen molar-refractivity contribution in [3.8, 4) is 0 Å². The van der Waals surface area contributed by atoms with E-state index in [2.05, 4.69) is 26.6 Å². The Hall–Kier alpha value is -1.08. The van der Waals surface area contributed by atoms with Gasteiger partial charge in [-0.05, 0) is 33.8 Å². The number of hydrogen-bond acceptors (Lipinski definition) is 3. The lowest BCUT2D eigenvalue weighted by Gasteiger charge is -2.25. The van der Waals surface area contributed by atoms with Crippen LogP contribution in [0.1, 0.15) is 38.5 Å². The van der Waals surface area contributed by atoms with E-state index >= 15 is 0 Å². The summed E-state index contributed by atoms with van der Waals surface area (Å²) in [6.45, 7) is 6.48. The minimum atomic E-state index is -0.910. The Morgan fingerprint density at radius 2 is 2.10 bits per heavy atom. The molecular weight excluding hydrogens is 356 g/mol. The number of nitrogens with one attached hydrogen (secondary N) is 2. The highest BCUT2D eigenvalue weighted by molar-refractivity contribution is 9.10. The van der Waals surface area contributed by atoms with E-state index in [0.717, 1.165) is 9.35 Å². The molecule has 1 atom stereocenters. The zero-order valence-electron chi connectivity index (χ0n) is 12.4. The minimum Gasteiger partial charge on any atom is -0.481 e. The van der Waals surface area contributed by atoms with Crippen LogP contribution >= 0.6 is 27.3 Å². The van der Waals surface area contributed by atoms with Crippen LogP contribution in [-0.4, -0.2) is 23.1 Å². The summed E-state index contributed by atoms with van der Waals surface area (Å²) in [5.41, 5.74) is -0.0496. The number of carboxylic acids is 1. The number of thiophene rings is 1. The van der Waals surface area contributed by atoms with E-state index < -0.39 is 5.97 Å². The van der Waals surface area contributed by atoms with Gasteiger partial charge in [-0.1, -0.05) is 20.8 Å². The second-order valence-corrected chi connectivity index (χ2v) is 8.03. The Balaban J connectivity index is 2.49. The van der Waals surface area contributed by atoms with E-state index in [4.69, 9.17) is 5.11 Å². The van der Waals surface area contributed by atoms with Gasteiger partial charge in [-0.3, -0.25) is 4.79 Å². The van der Waals surface area contributed by atoms with Gasteiger partial charge >= 0.3 is 12.0 Å². The lowest BCUT2D eigenvalue weighted by atomic mass is 9.87. The predicted octanol–water partition coefficient (Wildman–Crippen LogP) is 3.59. The fourth-order valence-electron chi connectivity index (χ4n) is 1.97. The standard InChI is InChI=1S/C14H21BrN2O3S/c1-14(2,3)6-10(5-12(18)19)17-13(20)16-7-11-4-9(15)8-21-11/h4,8,10H,5-7H2,1-3H3,(H,18,19)(H2,16,17,20). The van der Waals surface area contributed by atoms with Crippen molar-refractivity contribution in [2.24, 2.45) is 5.41 Å². The average molecular weight is 377 g/mol. The van der Waals surface area contributed by atoms with Gasteiger partial charge in [0.15, 0.2) is 0 Å². The van der Waals surface area contributed by atoms with Gasteiger partial charge in [0.1, 0.15) is 0 Å². The van der Waals surface area contributed by atoms with Crippen molar-refractivity contribution in [3.63, 3.8) is 0 Å². The first-order chi connectivity index (χ1) is 9.65. The molecule has 0 aliphatic heterocycles. The van der Waals surface area contributed by atoms with Crippen LogP contribution in [0, 0.1) is 5.41 Å². The first kappa shape index (κ1) is 18.0. The van der Waals surface area contributed by atoms with Gasteiger partial charge in [0.2, 0.25) is 0 Å². The molecule has 3 N–H and O–H groups in total. The molecule has 1 aromatic heterocycles. The number of carboxylic acid groups (broad SMARTS) is 1. The van der Waals surface area contributed by atoms with E-state index in [9.17, 15) is 9.59 Å². The zero-order valence-corrected chi connectivity index (χ0v) is 14.8. The predicted molar refractivity (Wildman–Crippen MR) is 87.5 cm³/mol. The molecule has 1 unspecified atom stereocenters. The van der Waals surface area contributed by atoms with Crippen LogP contribution < -0.4 is 10.6 Å².